The fraction of sp³-hybridized carbons (Fsp3) is 0.286. The summed E-state index contributed by atoms with van der Waals surface area (Å²) < 4.78 is 5.96. The van der Waals surface area contributed by atoms with Crippen LogP contribution < -0.4 is 16.6 Å². The zero-order valence-electron chi connectivity index (χ0n) is 12.3. The SMILES string of the molecule is C[C@H](OC(=O)Cn1ccc(=O)[nH]c1=O)C(=O)NCc1cccs1. The number of rotatable bonds is 6. The number of nitrogens with zero attached hydrogens (tertiary/aromatic N) is 1. The van der Waals surface area contributed by atoms with Crippen molar-refractivity contribution >= 4 is 23.2 Å². The molecule has 0 aromatic carbocycles. The number of H-pyrrole nitrogens is 1. The van der Waals surface area contributed by atoms with Gasteiger partial charge >= 0.3 is 11.7 Å². The summed E-state index contributed by atoms with van der Waals surface area (Å²) in [5.74, 6) is -1.18. The first kappa shape index (κ1) is 16.7. The summed E-state index contributed by atoms with van der Waals surface area (Å²) in [6.45, 7) is 1.41. The van der Waals surface area contributed by atoms with E-state index in [1.807, 2.05) is 22.5 Å². The second kappa shape index (κ2) is 7.54. The summed E-state index contributed by atoms with van der Waals surface area (Å²) in [6, 6.07) is 4.87. The van der Waals surface area contributed by atoms with E-state index < -0.39 is 35.8 Å². The van der Waals surface area contributed by atoms with Crippen LogP contribution in [0.3, 0.4) is 0 Å². The maximum absolute atomic E-state index is 11.8. The van der Waals surface area contributed by atoms with E-state index in [9.17, 15) is 19.2 Å². The minimum atomic E-state index is -0.985. The minimum Gasteiger partial charge on any atom is -0.451 e. The first-order valence-electron chi connectivity index (χ1n) is 6.75. The smallest absolute Gasteiger partial charge is 0.328 e. The molecule has 1 amide bonds. The van der Waals surface area contributed by atoms with Gasteiger partial charge in [-0.15, -0.1) is 11.3 Å². The summed E-state index contributed by atoms with van der Waals surface area (Å²) in [4.78, 5) is 49.0. The van der Waals surface area contributed by atoms with Gasteiger partial charge in [0.05, 0.1) is 6.54 Å². The van der Waals surface area contributed by atoms with Crippen molar-refractivity contribution in [3.8, 4) is 0 Å². The zero-order chi connectivity index (χ0) is 16.8. The van der Waals surface area contributed by atoms with Gasteiger partial charge in [0.2, 0.25) is 0 Å². The molecule has 0 aliphatic rings. The molecule has 1 atom stereocenters. The molecule has 122 valence electrons. The quantitative estimate of drug-likeness (QED) is 0.712. The van der Waals surface area contributed by atoms with Gasteiger partial charge in [0.15, 0.2) is 6.10 Å². The van der Waals surface area contributed by atoms with E-state index in [1.165, 1.54) is 24.5 Å². The Morgan fingerprint density at radius 2 is 2.17 bits per heavy atom. The highest BCUT2D eigenvalue weighted by molar-refractivity contribution is 7.09. The average molecular weight is 337 g/mol. The number of nitrogens with one attached hydrogen (secondary N) is 2. The van der Waals surface area contributed by atoms with Crippen molar-refractivity contribution in [1.82, 2.24) is 14.9 Å². The third-order valence-corrected chi connectivity index (χ3v) is 3.77. The maximum Gasteiger partial charge on any atom is 0.328 e. The molecule has 23 heavy (non-hydrogen) atoms. The van der Waals surface area contributed by atoms with E-state index >= 15 is 0 Å². The molecule has 2 rings (SSSR count). The molecular formula is C14H15N3O5S. The number of amides is 1. The maximum atomic E-state index is 11.8. The zero-order valence-corrected chi connectivity index (χ0v) is 13.1. The number of aromatic nitrogens is 2. The number of hydrogen-bond acceptors (Lipinski definition) is 6. The molecule has 2 N–H and O–H groups in total. The standard InChI is InChI=1S/C14H15N3O5S/c1-9(13(20)15-7-10-3-2-6-23-10)22-12(19)8-17-5-4-11(18)16-14(17)21/h2-6,9H,7-8H2,1H3,(H,15,20)(H,16,18,21)/t9-/m0/s1. The molecule has 2 heterocycles. The summed E-state index contributed by atoms with van der Waals surface area (Å²) in [5, 5.41) is 4.55. The lowest BCUT2D eigenvalue weighted by Gasteiger charge is -2.13. The van der Waals surface area contributed by atoms with Crippen LogP contribution in [0.1, 0.15) is 11.8 Å². The van der Waals surface area contributed by atoms with E-state index in [1.54, 1.807) is 0 Å². The molecule has 0 saturated heterocycles. The Morgan fingerprint density at radius 1 is 1.39 bits per heavy atom. The molecule has 2 aromatic rings. The van der Waals surface area contributed by atoms with Crippen molar-refractivity contribution < 1.29 is 14.3 Å². The van der Waals surface area contributed by atoms with Gasteiger partial charge in [-0.1, -0.05) is 6.07 Å². The average Bonchev–Trinajstić information content (AvgIpc) is 3.01. The summed E-state index contributed by atoms with van der Waals surface area (Å²) in [5.41, 5.74) is -1.27. The molecule has 2 aromatic heterocycles. The molecule has 0 aliphatic carbocycles. The fourth-order valence-electron chi connectivity index (χ4n) is 1.73. The largest absolute Gasteiger partial charge is 0.451 e. The molecule has 0 radical (unpaired) electrons. The van der Waals surface area contributed by atoms with Crippen molar-refractivity contribution in [3.05, 3.63) is 55.5 Å². The minimum absolute atomic E-state index is 0.359. The number of hydrogen-bond donors (Lipinski definition) is 2. The van der Waals surface area contributed by atoms with E-state index in [0.717, 1.165) is 15.5 Å². The molecule has 8 nitrogen and oxygen atoms in total. The Labute approximate surface area is 134 Å². The highest BCUT2D eigenvalue weighted by atomic mass is 32.1. The highest BCUT2D eigenvalue weighted by Gasteiger charge is 2.18. The third-order valence-electron chi connectivity index (χ3n) is 2.89. The van der Waals surface area contributed by atoms with Crippen LogP contribution in [0.25, 0.3) is 0 Å². The van der Waals surface area contributed by atoms with Crippen LogP contribution in [0.5, 0.6) is 0 Å². The topological polar surface area (TPSA) is 110 Å². The number of esters is 1. The summed E-state index contributed by atoms with van der Waals surface area (Å²) in [6.07, 6.45) is 0.199. The Kier molecular flexibility index (Phi) is 5.47. The molecule has 0 unspecified atom stereocenters. The Hall–Kier alpha value is -2.68. The van der Waals surface area contributed by atoms with E-state index in [0.29, 0.717) is 6.54 Å². The predicted octanol–water partition coefficient (Wildman–Crippen LogP) is -0.154. The first-order chi connectivity index (χ1) is 11.0. The second-order valence-electron chi connectivity index (χ2n) is 4.67. The van der Waals surface area contributed by atoms with Crippen molar-refractivity contribution in [3.63, 3.8) is 0 Å². The monoisotopic (exact) mass is 337 g/mol. The Balaban J connectivity index is 1.85. The number of carbonyl (C=O) groups excluding carboxylic acids is 2. The lowest BCUT2D eigenvalue weighted by atomic mass is 10.3. The van der Waals surface area contributed by atoms with Crippen molar-refractivity contribution in [2.75, 3.05) is 0 Å². The van der Waals surface area contributed by atoms with E-state index in [4.69, 9.17) is 4.74 Å². The molecular weight excluding hydrogens is 322 g/mol. The van der Waals surface area contributed by atoms with Crippen LogP contribution in [0.2, 0.25) is 0 Å². The van der Waals surface area contributed by atoms with Gasteiger partial charge in [-0.3, -0.25) is 23.9 Å². The molecule has 0 bridgehead atoms. The van der Waals surface area contributed by atoms with Gasteiger partial charge in [0.25, 0.3) is 11.5 Å². The highest BCUT2D eigenvalue weighted by Crippen LogP contribution is 2.07. The van der Waals surface area contributed by atoms with Crippen LogP contribution in [-0.4, -0.2) is 27.5 Å². The van der Waals surface area contributed by atoms with Gasteiger partial charge in [0.1, 0.15) is 6.54 Å². The number of thiophene rings is 1. The lowest BCUT2D eigenvalue weighted by Crippen LogP contribution is -2.37. The van der Waals surface area contributed by atoms with Crippen molar-refractivity contribution in [2.45, 2.75) is 26.1 Å². The van der Waals surface area contributed by atoms with Gasteiger partial charge in [0, 0.05) is 17.1 Å². The van der Waals surface area contributed by atoms with Gasteiger partial charge in [-0.2, -0.15) is 0 Å². The van der Waals surface area contributed by atoms with Gasteiger partial charge < -0.3 is 10.1 Å². The summed E-state index contributed by atoms with van der Waals surface area (Å²) in [7, 11) is 0. The van der Waals surface area contributed by atoms with E-state index in [2.05, 4.69) is 5.32 Å². The molecule has 0 aliphatic heterocycles. The van der Waals surface area contributed by atoms with E-state index in [-0.39, 0.29) is 0 Å². The normalized spacial score (nSPS) is 11.7. The number of ether oxygens (including phenoxy) is 1. The van der Waals surface area contributed by atoms with Crippen LogP contribution in [0, 0.1) is 0 Å². The molecule has 0 fully saturated rings. The molecule has 0 spiro atoms. The Bertz CT molecular complexity index is 793. The van der Waals surface area contributed by atoms with Gasteiger partial charge in [-0.25, -0.2) is 4.79 Å². The first-order valence-corrected chi connectivity index (χ1v) is 7.63. The number of carbonyl (C=O) groups is 2. The van der Waals surface area contributed by atoms with Crippen LogP contribution >= 0.6 is 11.3 Å². The second-order valence-corrected chi connectivity index (χ2v) is 5.70. The van der Waals surface area contributed by atoms with Crippen LogP contribution in [-0.2, 0) is 27.4 Å². The van der Waals surface area contributed by atoms with Crippen LogP contribution in [0.15, 0.2) is 39.4 Å². The van der Waals surface area contributed by atoms with Crippen LogP contribution in [0.4, 0.5) is 0 Å². The molecule has 0 saturated carbocycles. The predicted molar refractivity (Wildman–Crippen MR) is 83.0 cm³/mol. The third kappa shape index (κ3) is 4.92. The van der Waals surface area contributed by atoms with Crippen molar-refractivity contribution in [2.24, 2.45) is 0 Å². The van der Waals surface area contributed by atoms with Gasteiger partial charge in [-0.05, 0) is 18.4 Å². The lowest BCUT2D eigenvalue weighted by molar-refractivity contribution is -0.155. The summed E-state index contributed by atoms with van der Waals surface area (Å²) >= 11 is 1.51. The Morgan fingerprint density at radius 3 is 2.83 bits per heavy atom. The van der Waals surface area contributed by atoms with Crippen molar-refractivity contribution in [1.29, 1.82) is 0 Å². The number of aromatic amines is 1. The fourth-order valence-corrected chi connectivity index (χ4v) is 2.37. The molecule has 9 heteroatoms.